The molecule has 162 valence electrons. The zero-order valence-corrected chi connectivity index (χ0v) is 18.2. The molecule has 0 unspecified atom stereocenters. The summed E-state index contributed by atoms with van der Waals surface area (Å²) >= 11 is 2.50. The van der Waals surface area contributed by atoms with Gasteiger partial charge in [-0.15, -0.1) is 22.7 Å². The minimum Gasteiger partial charge on any atom is -0.463 e. The van der Waals surface area contributed by atoms with Crippen molar-refractivity contribution in [3.63, 3.8) is 0 Å². The molecule has 1 aromatic carbocycles. The molecule has 0 bridgehead atoms. The molecule has 0 fully saturated rings. The third-order valence-electron chi connectivity index (χ3n) is 4.14. The fourth-order valence-electron chi connectivity index (χ4n) is 2.65. The fraction of sp³-hybridized carbons (Fsp3) is 0.190. The Morgan fingerprint density at radius 3 is 2.68 bits per heavy atom. The highest BCUT2D eigenvalue weighted by Gasteiger charge is 2.13. The van der Waals surface area contributed by atoms with E-state index in [0.29, 0.717) is 10.6 Å². The molecule has 3 aromatic rings. The summed E-state index contributed by atoms with van der Waals surface area (Å²) in [4.78, 5) is 38.2. The van der Waals surface area contributed by atoms with Crippen LogP contribution < -0.4 is 20.1 Å². The van der Waals surface area contributed by atoms with Gasteiger partial charge in [-0.3, -0.25) is 14.2 Å². The Labute approximate surface area is 183 Å². The van der Waals surface area contributed by atoms with Gasteiger partial charge in [-0.1, -0.05) is 0 Å². The Bertz CT molecular complexity index is 1310. The van der Waals surface area contributed by atoms with Crippen LogP contribution in [-0.2, 0) is 20.9 Å². The van der Waals surface area contributed by atoms with E-state index in [1.54, 1.807) is 13.0 Å². The van der Waals surface area contributed by atoms with Crippen LogP contribution in [0.25, 0.3) is 12.2 Å². The van der Waals surface area contributed by atoms with Crippen LogP contribution in [0.3, 0.4) is 0 Å². The smallest absolute Gasteiger partial charge is 0.333 e. The third kappa shape index (κ3) is 5.53. The van der Waals surface area contributed by atoms with Crippen LogP contribution in [0.1, 0.15) is 17.4 Å². The molecule has 0 radical (unpaired) electrons. The molecule has 0 aliphatic rings. The number of hydrogen-bond donors (Lipinski definition) is 1. The lowest BCUT2D eigenvalue weighted by Crippen LogP contribution is -2.36. The lowest BCUT2D eigenvalue weighted by atomic mass is 10.3. The average Bonchev–Trinajstić information content (AvgIpc) is 3.23. The highest BCUT2D eigenvalue weighted by atomic mass is 32.1. The Balaban J connectivity index is 2.00. The Hall–Kier alpha value is -3.11. The molecular formula is C21H18F2N2O4S2. The zero-order valence-electron chi connectivity index (χ0n) is 16.6. The normalized spacial score (nSPS) is 12.3. The predicted molar refractivity (Wildman–Crippen MR) is 117 cm³/mol. The molecule has 0 aliphatic carbocycles. The number of nitrogens with zero attached hydrogens (tertiary/aromatic N) is 1. The van der Waals surface area contributed by atoms with Crippen LogP contribution in [0.5, 0.6) is 0 Å². The van der Waals surface area contributed by atoms with Crippen LogP contribution in [0.15, 0.2) is 34.4 Å². The van der Waals surface area contributed by atoms with Crippen LogP contribution in [0.2, 0.25) is 0 Å². The van der Waals surface area contributed by atoms with Gasteiger partial charge in [0.25, 0.3) is 5.56 Å². The Morgan fingerprint density at radius 2 is 2.03 bits per heavy atom. The molecule has 2 heterocycles. The number of ether oxygens (including phenoxy) is 1. The van der Waals surface area contributed by atoms with E-state index in [1.807, 2.05) is 18.4 Å². The molecule has 0 saturated carbocycles. The number of thiophene rings is 1. The summed E-state index contributed by atoms with van der Waals surface area (Å²) in [5.74, 6) is -3.07. The Kier molecular flexibility index (Phi) is 7.13. The van der Waals surface area contributed by atoms with E-state index in [0.717, 1.165) is 44.6 Å². The van der Waals surface area contributed by atoms with Gasteiger partial charge in [0.05, 0.1) is 22.9 Å². The van der Waals surface area contributed by atoms with Crippen molar-refractivity contribution < 1.29 is 23.1 Å². The van der Waals surface area contributed by atoms with E-state index < -0.39 is 35.6 Å². The highest BCUT2D eigenvalue weighted by molar-refractivity contribution is 7.11. The van der Waals surface area contributed by atoms with Crippen LogP contribution >= 0.6 is 22.7 Å². The third-order valence-corrected chi connectivity index (χ3v) is 6.16. The van der Waals surface area contributed by atoms with Gasteiger partial charge in [-0.25, -0.2) is 13.6 Å². The number of hydrogen-bond acceptors (Lipinski definition) is 6. The molecule has 2 aromatic heterocycles. The molecule has 31 heavy (non-hydrogen) atoms. The first-order chi connectivity index (χ1) is 14.8. The molecule has 0 aliphatic heterocycles. The van der Waals surface area contributed by atoms with Gasteiger partial charge >= 0.3 is 5.97 Å². The van der Waals surface area contributed by atoms with E-state index in [1.165, 1.54) is 11.3 Å². The van der Waals surface area contributed by atoms with Crippen LogP contribution in [0.4, 0.5) is 14.5 Å². The number of aryl methyl sites for hydroxylation is 1. The highest BCUT2D eigenvalue weighted by Crippen LogP contribution is 2.16. The van der Waals surface area contributed by atoms with Gasteiger partial charge < -0.3 is 10.1 Å². The van der Waals surface area contributed by atoms with Gasteiger partial charge in [-0.05, 0) is 49.1 Å². The SMILES string of the molecule is CCOC(=O)C=c1sc(=Cc2sccc2C)c(=O)n1CC(=O)Nc1ccc(F)cc1F. The molecule has 0 spiro atoms. The van der Waals surface area contributed by atoms with Crippen molar-refractivity contribution in [1.82, 2.24) is 4.57 Å². The molecule has 6 nitrogen and oxygen atoms in total. The van der Waals surface area contributed by atoms with E-state index in [9.17, 15) is 23.2 Å². The van der Waals surface area contributed by atoms with Crippen molar-refractivity contribution in [2.45, 2.75) is 20.4 Å². The summed E-state index contributed by atoms with van der Waals surface area (Å²) in [6, 6.07) is 4.65. The zero-order chi connectivity index (χ0) is 22.5. The van der Waals surface area contributed by atoms with Crippen molar-refractivity contribution in [3.05, 3.63) is 71.3 Å². The van der Waals surface area contributed by atoms with Gasteiger partial charge in [0.15, 0.2) is 0 Å². The molecule has 1 amide bonds. The predicted octanol–water partition coefficient (Wildman–Crippen LogP) is 2.37. The number of carbonyl (C=O) groups excluding carboxylic acids is 2. The number of halogens is 2. The minimum absolute atomic E-state index is 0.155. The summed E-state index contributed by atoms with van der Waals surface area (Å²) in [5.41, 5.74) is 0.305. The fourth-order valence-corrected chi connectivity index (χ4v) is 4.60. The summed E-state index contributed by atoms with van der Waals surface area (Å²) in [7, 11) is 0. The summed E-state index contributed by atoms with van der Waals surface area (Å²) in [6.45, 7) is 3.25. The summed E-state index contributed by atoms with van der Waals surface area (Å²) in [6.07, 6.45) is 2.84. The second-order valence-electron chi connectivity index (χ2n) is 6.38. The van der Waals surface area contributed by atoms with Crippen molar-refractivity contribution >= 4 is 52.4 Å². The summed E-state index contributed by atoms with van der Waals surface area (Å²) in [5, 5.41) is 4.20. The van der Waals surface area contributed by atoms with E-state index in [-0.39, 0.29) is 17.0 Å². The second-order valence-corrected chi connectivity index (χ2v) is 8.39. The number of esters is 1. The maximum absolute atomic E-state index is 13.8. The first-order valence-corrected chi connectivity index (χ1v) is 10.9. The quantitative estimate of drug-likeness (QED) is 0.569. The standard InChI is InChI=1S/C21H18F2N2O4S2/c1-3-29-20(27)10-19-25(11-18(26)24-15-5-4-13(22)8-14(15)23)21(28)17(31-19)9-16-12(2)6-7-30-16/h4-10H,3,11H2,1-2H3,(H,24,26). The number of nitrogens with one attached hydrogen (secondary N) is 1. The van der Waals surface area contributed by atoms with Gasteiger partial charge in [0.1, 0.15) is 22.8 Å². The van der Waals surface area contributed by atoms with E-state index >= 15 is 0 Å². The number of rotatable bonds is 6. The first kappa shape index (κ1) is 22.6. The number of thiazole rings is 1. The largest absolute Gasteiger partial charge is 0.463 e. The molecular weight excluding hydrogens is 446 g/mol. The molecule has 0 saturated heterocycles. The molecule has 3 rings (SSSR count). The topological polar surface area (TPSA) is 77.4 Å². The maximum Gasteiger partial charge on any atom is 0.333 e. The van der Waals surface area contributed by atoms with Crippen molar-refractivity contribution in [2.24, 2.45) is 0 Å². The van der Waals surface area contributed by atoms with Gasteiger partial charge in [0.2, 0.25) is 5.91 Å². The van der Waals surface area contributed by atoms with Gasteiger partial charge in [0, 0.05) is 10.9 Å². The van der Waals surface area contributed by atoms with Crippen molar-refractivity contribution in [3.8, 4) is 0 Å². The number of carbonyl (C=O) groups is 2. The molecule has 10 heteroatoms. The van der Waals surface area contributed by atoms with Crippen molar-refractivity contribution in [2.75, 3.05) is 11.9 Å². The number of amides is 1. The van der Waals surface area contributed by atoms with Crippen LogP contribution in [0, 0.1) is 18.6 Å². The van der Waals surface area contributed by atoms with Gasteiger partial charge in [-0.2, -0.15) is 0 Å². The maximum atomic E-state index is 13.8. The Morgan fingerprint density at radius 1 is 1.26 bits per heavy atom. The number of anilines is 1. The summed E-state index contributed by atoms with van der Waals surface area (Å²) < 4.78 is 33.5. The first-order valence-electron chi connectivity index (χ1n) is 9.17. The van der Waals surface area contributed by atoms with E-state index in [2.05, 4.69) is 5.32 Å². The monoisotopic (exact) mass is 464 g/mol. The number of aromatic nitrogens is 1. The lowest BCUT2D eigenvalue weighted by Gasteiger charge is -2.07. The van der Waals surface area contributed by atoms with Crippen molar-refractivity contribution in [1.29, 1.82) is 0 Å². The minimum atomic E-state index is -0.938. The van der Waals surface area contributed by atoms with E-state index in [4.69, 9.17) is 4.74 Å². The van der Waals surface area contributed by atoms with Crippen LogP contribution in [-0.4, -0.2) is 23.1 Å². The average molecular weight is 465 g/mol. The lowest BCUT2D eigenvalue weighted by molar-refractivity contribution is -0.135. The molecule has 0 atom stereocenters. The number of benzene rings is 1. The molecule has 1 N–H and O–H groups in total. The second kappa shape index (κ2) is 9.80.